The topological polar surface area (TPSA) is 8.17 Å². The van der Waals surface area contributed by atoms with Crippen LogP contribution in [-0.4, -0.2) is 29.1 Å². The van der Waals surface area contributed by atoms with Crippen LogP contribution in [0.25, 0.3) is 22.0 Å². The Bertz CT molecular complexity index is 865. The summed E-state index contributed by atoms with van der Waals surface area (Å²) in [5, 5.41) is 1.51. The summed E-state index contributed by atoms with van der Waals surface area (Å²) in [5.41, 5.74) is 2.67. The minimum atomic E-state index is -0.278. The Balaban J connectivity index is 1.68. The highest BCUT2D eigenvalue weighted by molar-refractivity contribution is 6.30. The molecular weight excluding hydrogens is 323 g/mol. The summed E-state index contributed by atoms with van der Waals surface area (Å²) in [5.74, 6) is -0.278. The van der Waals surface area contributed by atoms with Gasteiger partial charge in [0.1, 0.15) is 5.82 Å². The molecule has 0 unspecified atom stereocenters. The molecule has 0 radical (unpaired) electrons. The van der Waals surface area contributed by atoms with Crippen LogP contribution in [0.3, 0.4) is 0 Å². The van der Waals surface area contributed by atoms with E-state index >= 15 is 0 Å². The number of benzene rings is 2. The van der Waals surface area contributed by atoms with Crippen molar-refractivity contribution in [3.63, 3.8) is 0 Å². The van der Waals surface area contributed by atoms with Gasteiger partial charge < -0.3 is 9.47 Å². The first kappa shape index (κ1) is 15.7. The molecule has 0 bridgehead atoms. The number of hydrogen-bond donors (Lipinski definition) is 0. The highest BCUT2D eigenvalue weighted by Crippen LogP contribution is 2.32. The zero-order valence-electron chi connectivity index (χ0n) is 13.5. The van der Waals surface area contributed by atoms with Gasteiger partial charge in [-0.25, -0.2) is 4.39 Å². The molecule has 1 fully saturated rings. The van der Waals surface area contributed by atoms with Crippen LogP contribution in [0.15, 0.2) is 48.7 Å². The number of aromatic nitrogens is 1. The lowest BCUT2D eigenvalue weighted by Crippen LogP contribution is -2.23. The largest absolute Gasteiger partial charge is 0.346 e. The van der Waals surface area contributed by atoms with Crippen LogP contribution in [0.4, 0.5) is 4.39 Å². The summed E-state index contributed by atoms with van der Waals surface area (Å²) in [4.78, 5) is 2.51. The van der Waals surface area contributed by atoms with Crippen LogP contribution >= 0.6 is 11.6 Å². The predicted molar refractivity (Wildman–Crippen MR) is 98.0 cm³/mol. The first-order valence-corrected chi connectivity index (χ1v) is 8.86. The van der Waals surface area contributed by atoms with Crippen molar-refractivity contribution >= 4 is 22.5 Å². The van der Waals surface area contributed by atoms with Crippen LogP contribution in [-0.2, 0) is 6.54 Å². The van der Waals surface area contributed by atoms with Crippen LogP contribution in [0.5, 0.6) is 0 Å². The standard InChI is InChI=1S/C20H20ClFN2/c21-15-6-7-17(19(22)14-15)16-4-3-5-20-18(16)8-11-24(20)13-12-23-9-1-2-10-23/h3-8,11,14H,1-2,9-10,12-13H2. The number of likely N-dealkylation sites (tertiary alicyclic amines) is 1. The van der Waals surface area contributed by atoms with Crippen molar-refractivity contribution in [2.45, 2.75) is 19.4 Å². The first-order chi connectivity index (χ1) is 11.7. The zero-order valence-corrected chi connectivity index (χ0v) is 14.3. The van der Waals surface area contributed by atoms with Gasteiger partial charge in [-0.15, -0.1) is 0 Å². The van der Waals surface area contributed by atoms with Crippen molar-refractivity contribution in [1.82, 2.24) is 9.47 Å². The Kier molecular flexibility index (Phi) is 4.30. The summed E-state index contributed by atoms with van der Waals surface area (Å²) in [6.45, 7) is 4.46. The van der Waals surface area contributed by atoms with Crippen molar-refractivity contribution in [1.29, 1.82) is 0 Å². The van der Waals surface area contributed by atoms with Crippen molar-refractivity contribution in [3.05, 3.63) is 59.5 Å². The second-order valence-corrected chi connectivity index (χ2v) is 6.86. The molecule has 1 saturated heterocycles. The Morgan fingerprint density at radius 3 is 2.58 bits per heavy atom. The maximum Gasteiger partial charge on any atom is 0.132 e. The van der Waals surface area contributed by atoms with Crippen molar-refractivity contribution in [2.24, 2.45) is 0 Å². The minimum absolute atomic E-state index is 0.278. The van der Waals surface area contributed by atoms with Gasteiger partial charge in [0.15, 0.2) is 0 Å². The Labute approximate surface area is 146 Å². The van der Waals surface area contributed by atoms with E-state index in [1.54, 1.807) is 12.1 Å². The van der Waals surface area contributed by atoms with Gasteiger partial charge in [-0.2, -0.15) is 0 Å². The van der Waals surface area contributed by atoms with Gasteiger partial charge in [0.2, 0.25) is 0 Å². The summed E-state index contributed by atoms with van der Waals surface area (Å²) < 4.78 is 16.6. The van der Waals surface area contributed by atoms with Crippen molar-refractivity contribution in [2.75, 3.05) is 19.6 Å². The van der Waals surface area contributed by atoms with Gasteiger partial charge in [-0.05, 0) is 61.8 Å². The maximum absolute atomic E-state index is 14.3. The van der Waals surface area contributed by atoms with Crippen LogP contribution in [0.2, 0.25) is 5.02 Å². The molecule has 1 aromatic heterocycles. The zero-order chi connectivity index (χ0) is 16.5. The molecule has 24 heavy (non-hydrogen) atoms. The Hall–Kier alpha value is -1.84. The van der Waals surface area contributed by atoms with Crippen LogP contribution in [0, 0.1) is 5.82 Å². The lowest BCUT2D eigenvalue weighted by Gasteiger charge is -2.15. The monoisotopic (exact) mass is 342 g/mol. The lowest BCUT2D eigenvalue weighted by atomic mass is 10.0. The van der Waals surface area contributed by atoms with Crippen molar-refractivity contribution in [3.8, 4) is 11.1 Å². The van der Waals surface area contributed by atoms with Gasteiger partial charge >= 0.3 is 0 Å². The second kappa shape index (κ2) is 6.58. The van der Waals surface area contributed by atoms with E-state index in [0.29, 0.717) is 10.6 Å². The highest BCUT2D eigenvalue weighted by Gasteiger charge is 2.14. The molecule has 0 saturated carbocycles. The van der Waals surface area contributed by atoms with Gasteiger partial charge in [0.05, 0.1) is 0 Å². The van der Waals surface area contributed by atoms with E-state index < -0.39 is 0 Å². The number of fused-ring (bicyclic) bond motifs is 1. The van der Waals surface area contributed by atoms with Crippen molar-refractivity contribution < 1.29 is 4.39 Å². The molecule has 0 atom stereocenters. The normalized spacial score (nSPS) is 15.4. The quantitative estimate of drug-likeness (QED) is 0.633. The second-order valence-electron chi connectivity index (χ2n) is 6.42. The minimum Gasteiger partial charge on any atom is -0.346 e. The highest BCUT2D eigenvalue weighted by atomic mass is 35.5. The number of hydrogen-bond acceptors (Lipinski definition) is 1. The molecule has 4 rings (SSSR count). The fourth-order valence-corrected chi connectivity index (χ4v) is 3.78. The molecular formula is C20H20ClFN2. The summed E-state index contributed by atoms with van der Waals surface area (Å²) >= 11 is 5.88. The van der Waals surface area contributed by atoms with E-state index in [9.17, 15) is 4.39 Å². The number of rotatable bonds is 4. The van der Waals surface area contributed by atoms with E-state index in [0.717, 1.165) is 29.6 Å². The van der Waals surface area contributed by atoms with Gasteiger partial charge in [-0.3, -0.25) is 0 Å². The van der Waals surface area contributed by atoms with E-state index in [1.165, 1.54) is 32.0 Å². The molecule has 2 heterocycles. The number of nitrogens with zero attached hydrogens (tertiary/aromatic N) is 2. The Morgan fingerprint density at radius 2 is 1.79 bits per heavy atom. The number of halogens is 2. The molecule has 0 amide bonds. The summed E-state index contributed by atoms with van der Waals surface area (Å²) in [6, 6.07) is 13.0. The smallest absolute Gasteiger partial charge is 0.132 e. The predicted octanol–water partition coefficient (Wildman–Crippen LogP) is 5.20. The third kappa shape index (κ3) is 2.94. The van der Waals surface area contributed by atoms with E-state index in [4.69, 9.17) is 11.6 Å². The fourth-order valence-electron chi connectivity index (χ4n) is 3.62. The fraction of sp³-hybridized carbons (Fsp3) is 0.300. The van der Waals surface area contributed by atoms with Crippen LogP contribution in [0.1, 0.15) is 12.8 Å². The molecule has 0 spiro atoms. The summed E-state index contributed by atoms with van der Waals surface area (Å²) in [6.07, 6.45) is 4.73. The van der Waals surface area contributed by atoms with Gasteiger partial charge in [0, 0.05) is 40.8 Å². The van der Waals surface area contributed by atoms with E-state index in [1.807, 2.05) is 12.1 Å². The average molecular weight is 343 g/mol. The molecule has 1 aliphatic heterocycles. The molecule has 124 valence electrons. The summed E-state index contributed by atoms with van der Waals surface area (Å²) in [7, 11) is 0. The molecule has 0 N–H and O–H groups in total. The molecule has 2 nitrogen and oxygen atoms in total. The average Bonchev–Trinajstić information content (AvgIpc) is 3.22. The Morgan fingerprint density at radius 1 is 0.958 bits per heavy atom. The van der Waals surface area contributed by atoms with Crippen LogP contribution < -0.4 is 0 Å². The molecule has 3 aromatic rings. The molecule has 2 aromatic carbocycles. The third-order valence-electron chi connectivity index (χ3n) is 4.89. The molecule has 1 aliphatic rings. The van der Waals surface area contributed by atoms with E-state index in [-0.39, 0.29) is 5.82 Å². The van der Waals surface area contributed by atoms with Gasteiger partial charge in [0.25, 0.3) is 0 Å². The maximum atomic E-state index is 14.3. The third-order valence-corrected chi connectivity index (χ3v) is 5.13. The first-order valence-electron chi connectivity index (χ1n) is 8.48. The van der Waals surface area contributed by atoms with E-state index in [2.05, 4.69) is 27.8 Å². The van der Waals surface area contributed by atoms with Gasteiger partial charge in [-0.1, -0.05) is 23.7 Å². The molecule has 0 aliphatic carbocycles. The SMILES string of the molecule is Fc1cc(Cl)ccc1-c1cccc2c1ccn2CCN1CCCC1. The lowest BCUT2D eigenvalue weighted by molar-refractivity contribution is 0.324. The molecule has 4 heteroatoms.